The molecular formula is C13H17NO2. The number of ether oxygens (including phenoxy) is 1. The molecule has 16 heavy (non-hydrogen) atoms. The summed E-state index contributed by atoms with van der Waals surface area (Å²) in [6.45, 7) is 0.860. The Morgan fingerprint density at radius 3 is 2.69 bits per heavy atom. The van der Waals surface area contributed by atoms with Crippen LogP contribution in [0.25, 0.3) is 0 Å². The van der Waals surface area contributed by atoms with Crippen LogP contribution in [0.2, 0.25) is 0 Å². The van der Waals surface area contributed by atoms with E-state index in [2.05, 4.69) is 0 Å². The molecule has 1 aromatic rings. The minimum Gasteiger partial charge on any atom is -0.461 e. The Bertz CT molecular complexity index is 333. The second kappa shape index (κ2) is 7.65. The minimum atomic E-state index is -0.175. The quantitative estimate of drug-likeness (QED) is 0.588. The van der Waals surface area contributed by atoms with E-state index in [1.807, 2.05) is 42.5 Å². The zero-order valence-electron chi connectivity index (χ0n) is 9.26. The molecule has 0 fully saturated rings. The highest BCUT2D eigenvalue weighted by atomic mass is 16.5. The number of carbonyl (C=O) groups is 1. The van der Waals surface area contributed by atoms with Crippen molar-refractivity contribution in [2.75, 3.05) is 6.54 Å². The molecule has 3 nitrogen and oxygen atoms in total. The average molecular weight is 219 g/mol. The van der Waals surface area contributed by atoms with Crippen molar-refractivity contribution in [1.82, 2.24) is 0 Å². The van der Waals surface area contributed by atoms with Gasteiger partial charge in [0.05, 0.1) is 0 Å². The Balaban J connectivity index is 2.18. The molecule has 1 rings (SSSR count). The maximum atomic E-state index is 11.3. The van der Waals surface area contributed by atoms with E-state index in [0.29, 0.717) is 26.0 Å². The van der Waals surface area contributed by atoms with Crippen molar-refractivity contribution in [1.29, 1.82) is 0 Å². The van der Waals surface area contributed by atoms with Gasteiger partial charge in [-0.05, 0) is 12.0 Å². The van der Waals surface area contributed by atoms with Crippen molar-refractivity contribution >= 4 is 5.97 Å². The summed E-state index contributed by atoms with van der Waals surface area (Å²) in [5.41, 5.74) is 6.28. The number of esters is 1. The fourth-order valence-corrected chi connectivity index (χ4v) is 1.23. The summed E-state index contributed by atoms with van der Waals surface area (Å²) in [5, 5.41) is 0. The first-order valence-corrected chi connectivity index (χ1v) is 5.37. The summed E-state index contributed by atoms with van der Waals surface area (Å²) in [7, 11) is 0. The van der Waals surface area contributed by atoms with E-state index < -0.39 is 0 Å². The molecule has 0 aromatic heterocycles. The number of benzene rings is 1. The Morgan fingerprint density at radius 2 is 2.00 bits per heavy atom. The van der Waals surface area contributed by atoms with Gasteiger partial charge in [0, 0.05) is 13.0 Å². The molecule has 0 bridgehead atoms. The highest BCUT2D eigenvalue weighted by Crippen LogP contribution is 2.02. The van der Waals surface area contributed by atoms with Gasteiger partial charge in [0.15, 0.2) is 0 Å². The lowest BCUT2D eigenvalue weighted by Crippen LogP contribution is -2.03. The fourth-order valence-electron chi connectivity index (χ4n) is 1.23. The number of carbonyl (C=O) groups excluding carboxylic acids is 1. The van der Waals surface area contributed by atoms with E-state index in [1.54, 1.807) is 0 Å². The number of rotatable bonds is 6. The monoisotopic (exact) mass is 219 g/mol. The first kappa shape index (κ1) is 12.5. The molecule has 3 heteroatoms. The maximum absolute atomic E-state index is 11.3. The third-order valence-corrected chi connectivity index (χ3v) is 2.06. The zero-order chi connectivity index (χ0) is 11.6. The van der Waals surface area contributed by atoms with Crippen molar-refractivity contribution in [3.63, 3.8) is 0 Å². The van der Waals surface area contributed by atoms with Crippen LogP contribution >= 0.6 is 0 Å². The summed E-state index contributed by atoms with van der Waals surface area (Å²) in [6, 6.07) is 9.65. The number of allylic oxidation sites excluding steroid dienone is 1. The second-order valence-electron chi connectivity index (χ2n) is 3.39. The molecule has 86 valence electrons. The van der Waals surface area contributed by atoms with Crippen molar-refractivity contribution in [3.8, 4) is 0 Å². The van der Waals surface area contributed by atoms with Gasteiger partial charge < -0.3 is 10.5 Å². The van der Waals surface area contributed by atoms with Crippen LogP contribution in [-0.2, 0) is 16.1 Å². The number of hydrogen-bond donors (Lipinski definition) is 1. The summed E-state index contributed by atoms with van der Waals surface area (Å²) in [4.78, 5) is 11.3. The lowest BCUT2D eigenvalue weighted by molar-refractivity contribution is -0.144. The molecule has 0 spiro atoms. The summed E-state index contributed by atoms with van der Waals surface area (Å²) < 4.78 is 5.10. The molecule has 0 unspecified atom stereocenters. The van der Waals surface area contributed by atoms with E-state index in [0.717, 1.165) is 5.56 Å². The van der Waals surface area contributed by atoms with Crippen LogP contribution in [0.1, 0.15) is 18.4 Å². The Labute approximate surface area is 95.9 Å². The first-order chi connectivity index (χ1) is 7.83. The first-order valence-electron chi connectivity index (χ1n) is 5.37. The normalized spacial score (nSPS) is 10.6. The topological polar surface area (TPSA) is 52.3 Å². The second-order valence-corrected chi connectivity index (χ2v) is 3.39. The molecule has 0 amide bonds. The lowest BCUT2D eigenvalue weighted by atomic mass is 10.2. The Hall–Kier alpha value is -1.61. The van der Waals surface area contributed by atoms with Crippen LogP contribution in [0.5, 0.6) is 0 Å². The van der Waals surface area contributed by atoms with Gasteiger partial charge in [-0.1, -0.05) is 42.5 Å². The third kappa shape index (κ3) is 5.32. The highest BCUT2D eigenvalue weighted by Gasteiger charge is 2.01. The van der Waals surface area contributed by atoms with E-state index in [4.69, 9.17) is 10.5 Å². The van der Waals surface area contributed by atoms with E-state index in [9.17, 15) is 4.79 Å². The zero-order valence-corrected chi connectivity index (χ0v) is 9.26. The van der Waals surface area contributed by atoms with Gasteiger partial charge in [0.25, 0.3) is 0 Å². The van der Waals surface area contributed by atoms with Gasteiger partial charge >= 0.3 is 5.97 Å². The minimum absolute atomic E-state index is 0.175. The van der Waals surface area contributed by atoms with Crippen molar-refractivity contribution < 1.29 is 9.53 Å². The average Bonchev–Trinajstić information content (AvgIpc) is 2.33. The largest absolute Gasteiger partial charge is 0.461 e. The Kier molecular flexibility index (Phi) is 5.96. The molecule has 0 aliphatic rings. The smallest absolute Gasteiger partial charge is 0.306 e. The highest BCUT2D eigenvalue weighted by molar-refractivity contribution is 5.69. The van der Waals surface area contributed by atoms with Crippen LogP contribution < -0.4 is 5.73 Å². The number of nitrogens with two attached hydrogens (primary N) is 1. The summed E-state index contributed by atoms with van der Waals surface area (Å²) >= 11 is 0. The van der Waals surface area contributed by atoms with Crippen LogP contribution in [-0.4, -0.2) is 12.5 Å². The van der Waals surface area contributed by atoms with Gasteiger partial charge in [-0.15, -0.1) is 0 Å². The van der Waals surface area contributed by atoms with Crippen LogP contribution in [0.15, 0.2) is 42.5 Å². The lowest BCUT2D eigenvalue weighted by Gasteiger charge is -2.03. The van der Waals surface area contributed by atoms with Gasteiger partial charge in [0.1, 0.15) is 6.61 Å². The van der Waals surface area contributed by atoms with Gasteiger partial charge in [0.2, 0.25) is 0 Å². The standard InChI is InChI=1S/C13H17NO2/c14-10-6-2-5-9-13(15)16-11-12-7-3-1-4-8-12/h1-4,6-8H,5,9-11,14H2/b6-2+. The van der Waals surface area contributed by atoms with E-state index >= 15 is 0 Å². The number of hydrogen-bond acceptors (Lipinski definition) is 3. The third-order valence-electron chi connectivity index (χ3n) is 2.06. The van der Waals surface area contributed by atoms with Crippen molar-refractivity contribution in [2.24, 2.45) is 5.73 Å². The molecule has 0 saturated heterocycles. The molecular weight excluding hydrogens is 202 g/mol. The van der Waals surface area contributed by atoms with Gasteiger partial charge in [-0.25, -0.2) is 0 Å². The maximum Gasteiger partial charge on any atom is 0.306 e. The molecule has 0 heterocycles. The molecule has 1 aromatic carbocycles. The van der Waals surface area contributed by atoms with E-state index in [1.165, 1.54) is 0 Å². The molecule has 0 atom stereocenters. The molecule has 0 aliphatic heterocycles. The predicted octanol–water partition coefficient (Wildman–Crippen LogP) is 2.02. The SMILES string of the molecule is NC/C=C/CCC(=O)OCc1ccccc1. The molecule has 2 N–H and O–H groups in total. The van der Waals surface area contributed by atoms with Gasteiger partial charge in [-0.2, -0.15) is 0 Å². The van der Waals surface area contributed by atoms with E-state index in [-0.39, 0.29) is 5.97 Å². The molecule has 0 aliphatic carbocycles. The summed E-state index contributed by atoms with van der Waals surface area (Å²) in [5.74, 6) is -0.175. The van der Waals surface area contributed by atoms with Crippen molar-refractivity contribution in [3.05, 3.63) is 48.0 Å². The predicted molar refractivity (Wildman–Crippen MR) is 63.7 cm³/mol. The Morgan fingerprint density at radius 1 is 1.25 bits per heavy atom. The van der Waals surface area contributed by atoms with Crippen LogP contribution in [0.3, 0.4) is 0 Å². The fraction of sp³-hybridized carbons (Fsp3) is 0.308. The van der Waals surface area contributed by atoms with Crippen LogP contribution in [0.4, 0.5) is 0 Å². The molecule has 0 saturated carbocycles. The van der Waals surface area contributed by atoms with Crippen LogP contribution in [0, 0.1) is 0 Å². The summed E-state index contributed by atoms with van der Waals surface area (Å²) in [6.07, 6.45) is 4.82. The van der Waals surface area contributed by atoms with Gasteiger partial charge in [-0.3, -0.25) is 4.79 Å². The van der Waals surface area contributed by atoms with Crippen molar-refractivity contribution in [2.45, 2.75) is 19.4 Å². The molecule has 0 radical (unpaired) electrons.